The number of amides is 4. The molecule has 13 nitrogen and oxygen atoms in total. The van der Waals surface area contributed by atoms with Crippen LogP contribution in [0.25, 0.3) is 0 Å². The molecule has 1 spiro atoms. The number of nitrogens with one attached hydrogen (secondary N) is 4. The molecule has 4 aliphatic heterocycles. The maximum Gasteiger partial charge on any atom is 0.324 e. The average molecular weight is 797 g/mol. The van der Waals surface area contributed by atoms with E-state index < -0.39 is 64.9 Å². The standard InChI is InChI=1S/C44H40N6O7S/c45-42(55)46-24-25-15-20-31-30(23-25)44(41(54)47-31)34(39(52)49-43-48-32-13-7-8-14-33(32)58-43)36-40(53)57-37(27-11-5-2-6-12-27)35(26-9-3-1-4-10-26)50(36)38(44)28-16-18-29(19-17-28)56-22-21-51/h1-20,23,34-38,43,48,51H,21-22,24H2,(H,47,54)(H,49,52)(H3,45,46,55)/t34-,35-,36-,37+,38+,43?,44-/m0/s1. The van der Waals surface area contributed by atoms with Crippen molar-refractivity contribution >= 4 is 47.0 Å². The normalized spacial score (nSPS) is 25.5. The molecule has 294 valence electrons. The zero-order chi connectivity index (χ0) is 40.0. The molecule has 0 bridgehead atoms. The molecule has 7 N–H and O–H groups in total. The van der Waals surface area contributed by atoms with Crippen molar-refractivity contribution in [3.8, 4) is 5.75 Å². The third-order valence-electron chi connectivity index (χ3n) is 11.4. The largest absolute Gasteiger partial charge is 0.491 e. The van der Waals surface area contributed by atoms with Crippen molar-refractivity contribution < 1.29 is 33.8 Å². The van der Waals surface area contributed by atoms with E-state index in [1.807, 2.05) is 108 Å². The van der Waals surface area contributed by atoms with Crippen LogP contribution < -0.4 is 31.7 Å². The summed E-state index contributed by atoms with van der Waals surface area (Å²) in [6, 6.07) is 35.8. The van der Waals surface area contributed by atoms with E-state index in [1.54, 1.807) is 24.3 Å². The summed E-state index contributed by atoms with van der Waals surface area (Å²) in [5, 5.41) is 21.7. The second kappa shape index (κ2) is 15.2. The molecule has 9 rings (SSSR count). The van der Waals surface area contributed by atoms with Crippen molar-refractivity contribution in [2.24, 2.45) is 11.7 Å². The number of benzene rings is 5. The number of morpholine rings is 1. The minimum absolute atomic E-state index is 0.0596. The molecular weight excluding hydrogens is 757 g/mol. The number of aliphatic hydroxyl groups excluding tert-OH is 1. The Morgan fingerprint density at radius 1 is 0.845 bits per heavy atom. The maximum absolute atomic E-state index is 15.4. The third kappa shape index (κ3) is 6.29. The molecule has 1 unspecified atom stereocenters. The van der Waals surface area contributed by atoms with Gasteiger partial charge in [-0.15, -0.1) is 0 Å². The summed E-state index contributed by atoms with van der Waals surface area (Å²) >= 11 is 1.43. The number of anilines is 2. The summed E-state index contributed by atoms with van der Waals surface area (Å²) in [6.45, 7) is -0.0342. The number of ether oxygens (including phenoxy) is 2. The topological polar surface area (TPSA) is 184 Å². The number of fused-ring (bicyclic) bond motifs is 4. The van der Waals surface area contributed by atoms with E-state index in [2.05, 4.69) is 21.3 Å². The number of cyclic esters (lactones) is 1. The molecule has 0 radical (unpaired) electrons. The van der Waals surface area contributed by atoms with Crippen molar-refractivity contribution in [2.45, 2.75) is 46.6 Å². The van der Waals surface area contributed by atoms with Crippen LogP contribution in [0.4, 0.5) is 16.2 Å². The predicted molar refractivity (Wildman–Crippen MR) is 216 cm³/mol. The number of nitrogens with zero attached hydrogens (tertiary/aromatic N) is 1. The SMILES string of the molecule is NC(=O)NCc1ccc2c(c1)[C@]1(C(=O)N2)[C@H](C(=O)NC2Nc3ccccc3S2)[C@H]2C(=O)O[C@H](c3ccccc3)[C@H](c3ccccc3)N2[C@@H]1c1ccc(OCCO)cc1. The maximum atomic E-state index is 15.4. The lowest BCUT2D eigenvalue weighted by Crippen LogP contribution is -2.56. The van der Waals surface area contributed by atoms with Gasteiger partial charge >= 0.3 is 12.0 Å². The van der Waals surface area contributed by atoms with E-state index >= 15 is 14.4 Å². The Morgan fingerprint density at radius 2 is 1.55 bits per heavy atom. The highest BCUT2D eigenvalue weighted by Gasteiger charge is 2.74. The van der Waals surface area contributed by atoms with Crippen LogP contribution in [0.1, 0.15) is 46.0 Å². The van der Waals surface area contributed by atoms with E-state index in [9.17, 15) is 9.90 Å². The Kier molecular flexibility index (Phi) is 9.76. The number of urea groups is 1. The van der Waals surface area contributed by atoms with Gasteiger partial charge in [-0.1, -0.05) is 109 Å². The number of primary amides is 1. The molecule has 7 atom stereocenters. The summed E-state index contributed by atoms with van der Waals surface area (Å²) in [5.74, 6) is -2.47. The Bertz CT molecular complexity index is 2360. The number of carbonyl (C=O) groups is 4. The molecule has 58 heavy (non-hydrogen) atoms. The number of aliphatic hydroxyl groups is 1. The molecule has 4 amide bonds. The van der Waals surface area contributed by atoms with E-state index in [0.717, 1.165) is 21.7 Å². The summed E-state index contributed by atoms with van der Waals surface area (Å²) < 4.78 is 12.2. The number of carbonyl (C=O) groups excluding carboxylic acids is 4. The Hall–Kier alpha value is -6.35. The molecule has 4 aliphatic rings. The zero-order valence-corrected chi connectivity index (χ0v) is 31.9. The number of esters is 1. The first-order valence-corrected chi connectivity index (χ1v) is 19.9. The van der Waals surface area contributed by atoms with Crippen LogP contribution in [-0.2, 0) is 31.1 Å². The monoisotopic (exact) mass is 796 g/mol. The fourth-order valence-electron chi connectivity index (χ4n) is 9.12. The molecular formula is C44H40N6O7S. The van der Waals surface area contributed by atoms with Gasteiger partial charge in [0.2, 0.25) is 11.8 Å². The highest BCUT2D eigenvalue weighted by molar-refractivity contribution is 8.00. The van der Waals surface area contributed by atoms with Crippen molar-refractivity contribution in [2.75, 3.05) is 23.8 Å². The number of thioether (sulfide) groups is 1. The zero-order valence-electron chi connectivity index (χ0n) is 31.0. The number of rotatable bonds is 10. The summed E-state index contributed by atoms with van der Waals surface area (Å²) in [7, 11) is 0. The van der Waals surface area contributed by atoms with E-state index in [1.165, 1.54) is 11.8 Å². The van der Waals surface area contributed by atoms with Gasteiger partial charge in [-0.25, -0.2) is 4.79 Å². The van der Waals surface area contributed by atoms with Crippen LogP contribution in [-0.4, -0.2) is 58.6 Å². The van der Waals surface area contributed by atoms with Gasteiger partial charge in [0, 0.05) is 17.1 Å². The molecule has 2 saturated heterocycles. The van der Waals surface area contributed by atoms with Crippen molar-refractivity contribution in [1.82, 2.24) is 15.5 Å². The molecule has 5 aromatic carbocycles. The Labute approximate surface area is 338 Å². The number of hydrogen-bond donors (Lipinski definition) is 6. The lowest BCUT2D eigenvalue weighted by Gasteiger charge is -2.46. The Morgan fingerprint density at radius 3 is 2.26 bits per heavy atom. The fraction of sp³-hybridized carbons (Fsp3) is 0.227. The van der Waals surface area contributed by atoms with Gasteiger partial charge in [-0.05, 0) is 58.1 Å². The van der Waals surface area contributed by atoms with Crippen LogP contribution in [0.5, 0.6) is 5.75 Å². The molecule has 0 aromatic heterocycles. The van der Waals surface area contributed by atoms with E-state index in [4.69, 9.17) is 15.2 Å². The average Bonchev–Trinajstić information content (AvgIpc) is 3.89. The van der Waals surface area contributed by atoms with Crippen LogP contribution >= 0.6 is 11.8 Å². The fourth-order valence-corrected chi connectivity index (χ4v) is 10.1. The predicted octanol–water partition coefficient (Wildman–Crippen LogP) is 5.11. The summed E-state index contributed by atoms with van der Waals surface area (Å²) in [6.07, 6.45) is -0.822. The molecule has 4 heterocycles. The number of nitrogens with two attached hydrogens (primary N) is 1. The van der Waals surface area contributed by atoms with Gasteiger partial charge in [0.05, 0.1) is 30.3 Å². The van der Waals surface area contributed by atoms with Crippen LogP contribution in [0.2, 0.25) is 0 Å². The minimum atomic E-state index is -1.73. The molecule has 5 aromatic rings. The third-order valence-corrected chi connectivity index (χ3v) is 12.5. The smallest absolute Gasteiger partial charge is 0.324 e. The van der Waals surface area contributed by atoms with Gasteiger partial charge in [0.25, 0.3) is 0 Å². The first kappa shape index (κ1) is 37.2. The molecule has 0 saturated carbocycles. The van der Waals surface area contributed by atoms with E-state index in [0.29, 0.717) is 28.1 Å². The highest BCUT2D eigenvalue weighted by Crippen LogP contribution is 2.65. The van der Waals surface area contributed by atoms with Gasteiger partial charge in [0.15, 0.2) is 5.50 Å². The quantitative estimate of drug-likeness (QED) is 0.104. The molecule has 2 fully saturated rings. The van der Waals surface area contributed by atoms with Crippen LogP contribution in [0.3, 0.4) is 0 Å². The van der Waals surface area contributed by atoms with Gasteiger partial charge in [-0.2, -0.15) is 0 Å². The minimum Gasteiger partial charge on any atom is -0.491 e. The van der Waals surface area contributed by atoms with Crippen molar-refractivity contribution in [3.05, 3.63) is 155 Å². The lowest BCUT2D eigenvalue weighted by atomic mass is 9.65. The van der Waals surface area contributed by atoms with Crippen LogP contribution in [0, 0.1) is 5.92 Å². The first-order valence-electron chi connectivity index (χ1n) is 19.0. The summed E-state index contributed by atoms with van der Waals surface area (Å²) in [5.41, 5.74) is 7.80. The molecule has 0 aliphatic carbocycles. The van der Waals surface area contributed by atoms with Gasteiger partial charge in [-0.3, -0.25) is 19.3 Å². The van der Waals surface area contributed by atoms with Gasteiger partial charge < -0.3 is 41.6 Å². The second-order valence-corrected chi connectivity index (χ2v) is 15.8. The highest BCUT2D eigenvalue weighted by atomic mass is 32.2. The molecule has 14 heteroatoms. The number of para-hydroxylation sites is 1. The number of hydrogen-bond acceptors (Lipinski definition) is 10. The van der Waals surface area contributed by atoms with E-state index in [-0.39, 0.29) is 19.8 Å². The van der Waals surface area contributed by atoms with Crippen molar-refractivity contribution in [1.29, 1.82) is 0 Å². The Balaban J connectivity index is 1.28. The first-order chi connectivity index (χ1) is 28.3. The second-order valence-electron chi connectivity index (χ2n) is 14.6. The van der Waals surface area contributed by atoms with Crippen molar-refractivity contribution in [3.63, 3.8) is 0 Å². The van der Waals surface area contributed by atoms with Crippen LogP contribution in [0.15, 0.2) is 132 Å². The lowest BCUT2D eigenvalue weighted by molar-refractivity contribution is -0.178. The van der Waals surface area contributed by atoms with Gasteiger partial charge in [0.1, 0.15) is 29.9 Å². The summed E-state index contributed by atoms with van der Waals surface area (Å²) in [4.78, 5) is 60.6.